The van der Waals surface area contributed by atoms with Gasteiger partial charge in [-0.3, -0.25) is 0 Å². The van der Waals surface area contributed by atoms with Gasteiger partial charge in [-0.1, -0.05) is 44.2 Å². The van der Waals surface area contributed by atoms with E-state index in [9.17, 15) is 0 Å². The molecular weight excluding hydrogens is 260 g/mol. The lowest BCUT2D eigenvalue weighted by Gasteiger charge is -2.25. The molecular formula is C17H26N4. The number of rotatable bonds is 7. The van der Waals surface area contributed by atoms with Crippen molar-refractivity contribution < 1.29 is 0 Å². The Morgan fingerprint density at radius 3 is 2.48 bits per heavy atom. The van der Waals surface area contributed by atoms with E-state index in [2.05, 4.69) is 73.4 Å². The Hall–Kier alpha value is -1.68. The van der Waals surface area contributed by atoms with Gasteiger partial charge in [0.1, 0.15) is 12.2 Å². The molecule has 0 aliphatic rings. The number of nitrogens with zero attached hydrogens (tertiary/aromatic N) is 3. The number of nitrogens with one attached hydrogen (secondary N) is 1. The molecule has 0 bridgehead atoms. The van der Waals surface area contributed by atoms with Crippen LogP contribution in [0.4, 0.5) is 0 Å². The molecule has 0 aliphatic carbocycles. The molecule has 114 valence electrons. The highest BCUT2D eigenvalue weighted by atomic mass is 15.3. The largest absolute Gasteiger partial charge is 0.313 e. The molecule has 0 radical (unpaired) electrons. The SMILES string of the molecule is CCNC(Cc1ncnn1C(C)C)C(C)c1ccccc1. The van der Waals surface area contributed by atoms with Crippen molar-refractivity contribution in [2.75, 3.05) is 6.54 Å². The van der Waals surface area contributed by atoms with Gasteiger partial charge < -0.3 is 5.32 Å². The van der Waals surface area contributed by atoms with E-state index in [0.717, 1.165) is 18.8 Å². The van der Waals surface area contributed by atoms with E-state index in [1.807, 2.05) is 4.68 Å². The summed E-state index contributed by atoms with van der Waals surface area (Å²) in [6.07, 6.45) is 2.55. The molecule has 0 fully saturated rings. The van der Waals surface area contributed by atoms with E-state index in [1.165, 1.54) is 5.56 Å². The van der Waals surface area contributed by atoms with Crippen molar-refractivity contribution in [1.82, 2.24) is 20.1 Å². The summed E-state index contributed by atoms with van der Waals surface area (Å²) >= 11 is 0. The van der Waals surface area contributed by atoms with Crippen molar-refractivity contribution in [2.45, 2.75) is 52.1 Å². The van der Waals surface area contributed by atoms with Crippen molar-refractivity contribution in [3.05, 3.63) is 48.0 Å². The monoisotopic (exact) mass is 286 g/mol. The molecule has 1 heterocycles. The molecule has 1 aromatic heterocycles. The molecule has 0 aliphatic heterocycles. The molecule has 0 spiro atoms. The highest BCUT2D eigenvalue weighted by molar-refractivity contribution is 5.21. The van der Waals surface area contributed by atoms with Crippen molar-refractivity contribution in [3.63, 3.8) is 0 Å². The second kappa shape index (κ2) is 7.36. The lowest BCUT2D eigenvalue weighted by Crippen LogP contribution is -2.36. The Morgan fingerprint density at radius 1 is 1.14 bits per heavy atom. The molecule has 4 nitrogen and oxygen atoms in total. The van der Waals surface area contributed by atoms with Gasteiger partial charge in [-0.2, -0.15) is 5.10 Å². The van der Waals surface area contributed by atoms with Crippen molar-refractivity contribution in [2.24, 2.45) is 0 Å². The quantitative estimate of drug-likeness (QED) is 0.850. The molecule has 21 heavy (non-hydrogen) atoms. The Morgan fingerprint density at radius 2 is 1.86 bits per heavy atom. The third-order valence-corrected chi connectivity index (χ3v) is 3.93. The summed E-state index contributed by atoms with van der Waals surface area (Å²) in [4.78, 5) is 4.45. The zero-order valence-electron chi connectivity index (χ0n) is 13.5. The van der Waals surface area contributed by atoms with Gasteiger partial charge in [0, 0.05) is 18.5 Å². The first-order valence-corrected chi connectivity index (χ1v) is 7.80. The van der Waals surface area contributed by atoms with Gasteiger partial charge in [0.2, 0.25) is 0 Å². The third-order valence-electron chi connectivity index (χ3n) is 3.93. The minimum atomic E-state index is 0.344. The van der Waals surface area contributed by atoms with Gasteiger partial charge in [0.05, 0.1) is 0 Å². The average Bonchev–Trinajstić information content (AvgIpc) is 2.95. The van der Waals surface area contributed by atoms with Crippen molar-refractivity contribution in [3.8, 4) is 0 Å². The van der Waals surface area contributed by atoms with Crippen LogP contribution in [-0.2, 0) is 6.42 Å². The van der Waals surface area contributed by atoms with Crippen LogP contribution in [0.3, 0.4) is 0 Å². The Balaban J connectivity index is 2.17. The van der Waals surface area contributed by atoms with E-state index in [4.69, 9.17) is 0 Å². The average molecular weight is 286 g/mol. The maximum Gasteiger partial charge on any atom is 0.138 e. The van der Waals surface area contributed by atoms with Crippen LogP contribution < -0.4 is 5.32 Å². The molecule has 2 rings (SSSR count). The second-order valence-corrected chi connectivity index (χ2v) is 5.78. The van der Waals surface area contributed by atoms with E-state index in [1.54, 1.807) is 6.33 Å². The molecule has 2 atom stereocenters. The third kappa shape index (κ3) is 3.91. The second-order valence-electron chi connectivity index (χ2n) is 5.78. The normalized spacial score (nSPS) is 14.3. The lowest BCUT2D eigenvalue weighted by atomic mass is 9.91. The maximum atomic E-state index is 4.45. The zero-order chi connectivity index (χ0) is 15.2. The molecule has 1 N–H and O–H groups in total. The topological polar surface area (TPSA) is 42.7 Å². The van der Waals surface area contributed by atoms with Crippen LogP contribution >= 0.6 is 0 Å². The van der Waals surface area contributed by atoms with Crippen LogP contribution in [0.1, 0.15) is 51.0 Å². The van der Waals surface area contributed by atoms with Gasteiger partial charge in [-0.15, -0.1) is 0 Å². The number of aromatic nitrogens is 3. The molecule has 0 amide bonds. The first kappa shape index (κ1) is 15.7. The minimum absolute atomic E-state index is 0.344. The van der Waals surface area contributed by atoms with Gasteiger partial charge in [0.15, 0.2) is 0 Å². The summed E-state index contributed by atoms with van der Waals surface area (Å²) in [7, 11) is 0. The number of benzene rings is 1. The standard InChI is InChI=1S/C17H26N4/c1-5-18-16(14(4)15-9-7-6-8-10-15)11-17-19-12-20-21(17)13(2)3/h6-10,12-14,16,18H,5,11H2,1-4H3. The Kier molecular flexibility index (Phi) is 5.51. The van der Waals surface area contributed by atoms with Crippen LogP contribution in [-0.4, -0.2) is 27.4 Å². The first-order valence-electron chi connectivity index (χ1n) is 7.80. The summed E-state index contributed by atoms with van der Waals surface area (Å²) in [5.74, 6) is 1.49. The number of likely N-dealkylation sites (N-methyl/N-ethyl adjacent to an activating group) is 1. The van der Waals surface area contributed by atoms with Crippen LogP contribution in [0.25, 0.3) is 0 Å². The fourth-order valence-corrected chi connectivity index (χ4v) is 2.73. The van der Waals surface area contributed by atoms with E-state index in [0.29, 0.717) is 18.0 Å². The first-order chi connectivity index (χ1) is 10.1. The van der Waals surface area contributed by atoms with Crippen LogP contribution in [0.5, 0.6) is 0 Å². The smallest absolute Gasteiger partial charge is 0.138 e. The van der Waals surface area contributed by atoms with E-state index >= 15 is 0 Å². The Labute approximate surface area is 127 Å². The summed E-state index contributed by atoms with van der Waals surface area (Å²) < 4.78 is 2.02. The van der Waals surface area contributed by atoms with Gasteiger partial charge in [0.25, 0.3) is 0 Å². The minimum Gasteiger partial charge on any atom is -0.313 e. The zero-order valence-corrected chi connectivity index (χ0v) is 13.5. The van der Waals surface area contributed by atoms with Crippen LogP contribution in [0.2, 0.25) is 0 Å². The van der Waals surface area contributed by atoms with E-state index in [-0.39, 0.29) is 0 Å². The molecule has 4 heteroatoms. The van der Waals surface area contributed by atoms with Crippen LogP contribution in [0, 0.1) is 0 Å². The molecule has 2 unspecified atom stereocenters. The summed E-state index contributed by atoms with van der Waals surface area (Å²) in [6.45, 7) is 9.66. The lowest BCUT2D eigenvalue weighted by molar-refractivity contribution is 0.424. The van der Waals surface area contributed by atoms with Gasteiger partial charge >= 0.3 is 0 Å². The summed E-state index contributed by atoms with van der Waals surface area (Å²) in [6, 6.07) is 11.4. The number of hydrogen-bond acceptors (Lipinski definition) is 3. The molecule has 1 aromatic carbocycles. The highest BCUT2D eigenvalue weighted by Crippen LogP contribution is 2.21. The predicted molar refractivity (Wildman–Crippen MR) is 86.4 cm³/mol. The van der Waals surface area contributed by atoms with E-state index < -0.39 is 0 Å². The maximum absolute atomic E-state index is 4.45. The van der Waals surface area contributed by atoms with Gasteiger partial charge in [-0.25, -0.2) is 9.67 Å². The summed E-state index contributed by atoms with van der Waals surface area (Å²) in [5, 5.41) is 7.94. The number of hydrogen-bond donors (Lipinski definition) is 1. The Bertz CT molecular complexity index is 533. The fourth-order valence-electron chi connectivity index (χ4n) is 2.73. The summed E-state index contributed by atoms with van der Waals surface area (Å²) in [5.41, 5.74) is 1.36. The van der Waals surface area contributed by atoms with Crippen molar-refractivity contribution in [1.29, 1.82) is 0 Å². The molecule has 0 saturated carbocycles. The van der Waals surface area contributed by atoms with Crippen LogP contribution in [0.15, 0.2) is 36.7 Å². The predicted octanol–water partition coefficient (Wildman–Crippen LogP) is 3.18. The fraction of sp³-hybridized carbons (Fsp3) is 0.529. The highest BCUT2D eigenvalue weighted by Gasteiger charge is 2.21. The van der Waals surface area contributed by atoms with Crippen molar-refractivity contribution >= 4 is 0 Å². The molecule has 0 saturated heterocycles. The van der Waals surface area contributed by atoms with Gasteiger partial charge in [-0.05, 0) is 31.9 Å². The molecule has 2 aromatic rings.